The minimum Gasteiger partial charge on any atom is -0.481 e. The molecule has 0 amide bonds. The molecule has 2 rings (SSSR count). The minimum absolute atomic E-state index is 0.0598. The number of nitrogens with zero attached hydrogens (tertiary/aromatic N) is 5. The van der Waals surface area contributed by atoms with Gasteiger partial charge < -0.3 is 5.11 Å². The van der Waals surface area contributed by atoms with E-state index >= 15 is 0 Å². The fourth-order valence-corrected chi connectivity index (χ4v) is 1.96. The maximum absolute atomic E-state index is 10.5. The first-order valence-electron chi connectivity index (χ1n) is 5.17. The quantitative estimate of drug-likeness (QED) is 0.791. The van der Waals surface area contributed by atoms with Crippen molar-refractivity contribution >= 4 is 17.7 Å². The van der Waals surface area contributed by atoms with Gasteiger partial charge in [-0.2, -0.15) is 0 Å². The molecule has 2 aromatic heterocycles. The molecule has 2 aromatic rings. The largest absolute Gasteiger partial charge is 0.481 e. The highest BCUT2D eigenvalue weighted by Crippen LogP contribution is 2.15. The lowest BCUT2D eigenvalue weighted by atomic mass is 10.2. The van der Waals surface area contributed by atoms with Crippen LogP contribution in [0.4, 0.5) is 0 Å². The van der Waals surface area contributed by atoms with Gasteiger partial charge in [0, 0.05) is 12.4 Å². The van der Waals surface area contributed by atoms with Crippen LogP contribution in [-0.4, -0.2) is 42.0 Å². The lowest BCUT2D eigenvalue weighted by Gasteiger charge is -2.05. The van der Waals surface area contributed by atoms with Gasteiger partial charge in [0.15, 0.2) is 0 Å². The molecule has 0 fully saturated rings. The minimum atomic E-state index is -0.894. The Hall–Kier alpha value is -1.96. The van der Waals surface area contributed by atoms with Gasteiger partial charge in [-0.1, -0.05) is 11.8 Å². The van der Waals surface area contributed by atoms with Gasteiger partial charge >= 0.3 is 5.97 Å². The number of tetrazole rings is 1. The van der Waals surface area contributed by atoms with Crippen LogP contribution in [0.2, 0.25) is 0 Å². The van der Waals surface area contributed by atoms with Gasteiger partial charge in [0.25, 0.3) is 0 Å². The Morgan fingerprint density at radius 1 is 1.56 bits per heavy atom. The summed E-state index contributed by atoms with van der Waals surface area (Å²) in [6.45, 7) is 2.46. The van der Waals surface area contributed by atoms with E-state index in [-0.39, 0.29) is 5.75 Å². The topological polar surface area (TPSA) is 93.8 Å². The molecule has 0 saturated carbocycles. The Kier molecular flexibility index (Phi) is 3.88. The Morgan fingerprint density at radius 2 is 2.39 bits per heavy atom. The molecular formula is C10H11N5O2S. The predicted molar refractivity (Wildman–Crippen MR) is 64.3 cm³/mol. The number of aliphatic carboxylic acids is 1. The van der Waals surface area contributed by atoms with Crippen LogP contribution in [0.15, 0.2) is 23.6 Å². The van der Waals surface area contributed by atoms with Crippen LogP contribution in [0.5, 0.6) is 0 Å². The molecule has 0 saturated heterocycles. The number of pyridine rings is 1. The normalized spacial score (nSPS) is 10.5. The predicted octanol–water partition coefficient (Wildman–Crippen LogP) is 0.602. The fourth-order valence-electron chi connectivity index (χ4n) is 1.37. The van der Waals surface area contributed by atoms with Gasteiger partial charge in [0.2, 0.25) is 5.16 Å². The molecule has 0 radical (unpaired) electrons. The highest BCUT2D eigenvalue weighted by molar-refractivity contribution is 7.99. The van der Waals surface area contributed by atoms with E-state index in [4.69, 9.17) is 5.11 Å². The van der Waals surface area contributed by atoms with Crippen LogP contribution in [0.25, 0.3) is 0 Å². The molecule has 0 bridgehead atoms. The molecule has 94 valence electrons. The number of rotatable bonds is 5. The molecule has 7 nitrogen and oxygen atoms in total. The summed E-state index contributed by atoms with van der Waals surface area (Å²) in [7, 11) is 0. The summed E-state index contributed by atoms with van der Waals surface area (Å²) in [5.74, 6) is -0.954. The molecule has 0 spiro atoms. The SMILES string of the molecule is Cc1cnccc1Cn1nnnc1SCC(=O)O. The van der Waals surface area contributed by atoms with Crippen LogP contribution in [0, 0.1) is 6.92 Å². The van der Waals surface area contributed by atoms with E-state index in [0.717, 1.165) is 22.9 Å². The zero-order valence-electron chi connectivity index (χ0n) is 9.65. The third-order valence-electron chi connectivity index (χ3n) is 2.28. The van der Waals surface area contributed by atoms with Gasteiger partial charge in [0.05, 0.1) is 12.3 Å². The van der Waals surface area contributed by atoms with Crippen molar-refractivity contribution in [3.63, 3.8) is 0 Å². The first kappa shape index (κ1) is 12.5. The van der Waals surface area contributed by atoms with Crippen molar-refractivity contribution in [2.45, 2.75) is 18.6 Å². The highest BCUT2D eigenvalue weighted by atomic mass is 32.2. The second-order valence-electron chi connectivity index (χ2n) is 3.60. The van der Waals surface area contributed by atoms with Crippen LogP contribution < -0.4 is 0 Å². The molecule has 0 aromatic carbocycles. The Labute approximate surface area is 107 Å². The van der Waals surface area contributed by atoms with Crippen molar-refractivity contribution in [1.82, 2.24) is 25.2 Å². The third-order valence-corrected chi connectivity index (χ3v) is 3.22. The van der Waals surface area contributed by atoms with E-state index in [1.54, 1.807) is 17.1 Å². The first-order valence-corrected chi connectivity index (χ1v) is 6.15. The van der Waals surface area contributed by atoms with Crippen LogP contribution in [-0.2, 0) is 11.3 Å². The lowest BCUT2D eigenvalue weighted by molar-refractivity contribution is -0.133. The molecule has 2 heterocycles. The number of aromatic nitrogens is 5. The number of carboxylic acid groups (broad SMARTS) is 1. The Balaban J connectivity index is 2.12. The van der Waals surface area contributed by atoms with Crippen LogP contribution in [0.3, 0.4) is 0 Å². The van der Waals surface area contributed by atoms with E-state index < -0.39 is 5.97 Å². The third kappa shape index (κ3) is 3.04. The van der Waals surface area contributed by atoms with Crippen molar-refractivity contribution in [2.75, 3.05) is 5.75 Å². The molecule has 1 N–H and O–H groups in total. The molecule has 0 unspecified atom stereocenters. The van der Waals surface area contributed by atoms with Gasteiger partial charge in [-0.3, -0.25) is 9.78 Å². The molecule has 0 aliphatic rings. The standard InChI is InChI=1S/C10H11N5O2S/c1-7-4-11-3-2-8(7)5-15-10(12-13-14-15)18-6-9(16)17/h2-4H,5-6H2,1H3,(H,16,17). The number of hydrogen-bond donors (Lipinski definition) is 1. The second-order valence-corrected chi connectivity index (χ2v) is 4.55. The molecular weight excluding hydrogens is 254 g/mol. The van der Waals surface area contributed by atoms with E-state index in [1.165, 1.54) is 0 Å². The van der Waals surface area contributed by atoms with Crippen molar-refractivity contribution in [1.29, 1.82) is 0 Å². The molecule has 0 atom stereocenters. The molecule has 18 heavy (non-hydrogen) atoms. The van der Waals surface area contributed by atoms with Crippen molar-refractivity contribution < 1.29 is 9.90 Å². The number of hydrogen-bond acceptors (Lipinski definition) is 6. The zero-order chi connectivity index (χ0) is 13.0. The molecule has 0 aliphatic carbocycles. The molecule has 8 heteroatoms. The van der Waals surface area contributed by atoms with Crippen LogP contribution >= 0.6 is 11.8 Å². The Morgan fingerprint density at radius 3 is 3.11 bits per heavy atom. The average molecular weight is 265 g/mol. The summed E-state index contributed by atoms with van der Waals surface area (Å²) in [5.41, 5.74) is 2.09. The maximum atomic E-state index is 10.5. The van der Waals surface area contributed by atoms with Crippen molar-refractivity contribution in [2.24, 2.45) is 0 Å². The summed E-state index contributed by atoms with van der Waals surface area (Å²) >= 11 is 1.10. The summed E-state index contributed by atoms with van der Waals surface area (Å²) in [4.78, 5) is 14.5. The van der Waals surface area contributed by atoms with Gasteiger partial charge in [-0.25, -0.2) is 4.68 Å². The van der Waals surface area contributed by atoms with E-state index in [9.17, 15) is 4.79 Å². The van der Waals surface area contributed by atoms with E-state index in [0.29, 0.717) is 11.7 Å². The van der Waals surface area contributed by atoms with E-state index in [2.05, 4.69) is 20.5 Å². The fraction of sp³-hybridized carbons (Fsp3) is 0.300. The summed E-state index contributed by atoms with van der Waals surface area (Å²) in [6, 6.07) is 1.89. The highest BCUT2D eigenvalue weighted by Gasteiger charge is 2.10. The van der Waals surface area contributed by atoms with Gasteiger partial charge in [-0.15, -0.1) is 5.10 Å². The van der Waals surface area contributed by atoms with Gasteiger partial charge in [0.1, 0.15) is 0 Å². The number of aryl methyl sites for hydroxylation is 1. The average Bonchev–Trinajstić information content (AvgIpc) is 2.77. The first-order chi connectivity index (χ1) is 8.66. The summed E-state index contributed by atoms with van der Waals surface area (Å²) in [5, 5.41) is 20.3. The Bertz CT molecular complexity index is 557. The van der Waals surface area contributed by atoms with Gasteiger partial charge in [-0.05, 0) is 34.5 Å². The number of carboxylic acids is 1. The van der Waals surface area contributed by atoms with Crippen molar-refractivity contribution in [3.8, 4) is 0 Å². The zero-order valence-corrected chi connectivity index (χ0v) is 10.5. The number of thioether (sulfide) groups is 1. The van der Waals surface area contributed by atoms with Crippen molar-refractivity contribution in [3.05, 3.63) is 29.6 Å². The second kappa shape index (κ2) is 5.58. The number of carbonyl (C=O) groups is 1. The summed E-state index contributed by atoms with van der Waals surface area (Å²) < 4.78 is 1.58. The smallest absolute Gasteiger partial charge is 0.313 e. The lowest BCUT2D eigenvalue weighted by Crippen LogP contribution is -2.07. The van der Waals surface area contributed by atoms with Crippen LogP contribution in [0.1, 0.15) is 11.1 Å². The monoisotopic (exact) mass is 265 g/mol. The maximum Gasteiger partial charge on any atom is 0.313 e. The molecule has 0 aliphatic heterocycles. The summed E-state index contributed by atoms with van der Waals surface area (Å²) in [6.07, 6.45) is 3.47. The van der Waals surface area contributed by atoms with E-state index in [1.807, 2.05) is 13.0 Å².